The standard InChI is InChI=1S/C52H33N3OS/c1-2-15-33(16-3-1)47-51-48(39-20-10-11-21-44(39)57-51)54-52(53-47)34-28-40-38-25-22-32-14-6-9-19-37(32)49(38)56-50(40)43(29-34)55-41-26-23-30-12-4-7-17-35(30)45(41)46-36-18-8-5-13-31(36)24-27-42(46)55/h1-10,12-20,22-29,48H,11,21H2,(H,53,54). The summed E-state index contributed by atoms with van der Waals surface area (Å²) >= 11 is 1.91. The minimum atomic E-state index is 0.0411. The Morgan fingerprint density at radius 2 is 1.25 bits per heavy atom. The molecule has 4 heterocycles. The highest BCUT2D eigenvalue weighted by molar-refractivity contribution is 8.07. The maximum atomic E-state index is 7.16. The smallest absolute Gasteiger partial charge is 0.159 e. The van der Waals surface area contributed by atoms with Crippen molar-refractivity contribution >= 4 is 99.4 Å². The molecule has 8 aromatic carbocycles. The minimum absolute atomic E-state index is 0.0411. The molecule has 2 aromatic heterocycles. The minimum Gasteiger partial charge on any atom is -0.453 e. The molecule has 1 aliphatic carbocycles. The van der Waals surface area contributed by atoms with Crippen LogP contribution in [0.1, 0.15) is 24.0 Å². The first-order valence-electron chi connectivity index (χ1n) is 19.7. The molecule has 13 rings (SSSR count). The highest BCUT2D eigenvalue weighted by atomic mass is 32.2. The zero-order valence-electron chi connectivity index (χ0n) is 30.8. The van der Waals surface area contributed by atoms with E-state index < -0.39 is 0 Å². The largest absolute Gasteiger partial charge is 0.453 e. The van der Waals surface area contributed by atoms with Gasteiger partial charge in [-0.2, -0.15) is 0 Å². The van der Waals surface area contributed by atoms with Crippen molar-refractivity contribution in [2.45, 2.75) is 18.9 Å². The molecule has 0 amide bonds. The van der Waals surface area contributed by atoms with Crippen molar-refractivity contribution < 1.29 is 4.42 Å². The lowest BCUT2D eigenvalue weighted by molar-refractivity contribution is 0.670. The van der Waals surface area contributed by atoms with Gasteiger partial charge in [0.05, 0.1) is 28.5 Å². The van der Waals surface area contributed by atoms with Gasteiger partial charge < -0.3 is 14.3 Å². The van der Waals surface area contributed by atoms with Crippen LogP contribution in [0.5, 0.6) is 0 Å². The Hall–Kier alpha value is -6.82. The number of benzene rings is 8. The van der Waals surface area contributed by atoms with E-state index in [2.05, 4.69) is 174 Å². The lowest BCUT2D eigenvalue weighted by Gasteiger charge is -2.26. The van der Waals surface area contributed by atoms with Gasteiger partial charge in [0.2, 0.25) is 0 Å². The van der Waals surface area contributed by atoms with Crippen molar-refractivity contribution in [2.24, 2.45) is 4.99 Å². The fraction of sp³-hybridized carbons (Fsp3) is 0.0577. The van der Waals surface area contributed by atoms with Gasteiger partial charge in [-0.3, -0.25) is 0 Å². The predicted octanol–water partition coefficient (Wildman–Crippen LogP) is 13.6. The topological polar surface area (TPSA) is 42.5 Å². The van der Waals surface area contributed by atoms with Crippen molar-refractivity contribution in [1.82, 2.24) is 9.88 Å². The molecule has 10 aromatic rings. The molecule has 0 fully saturated rings. The quantitative estimate of drug-likeness (QED) is 0.196. The Balaban J connectivity index is 1.16. The van der Waals surface area contributed by atoms with Crippen LogP contribution in [-0.2, 0) is 0 Å². The Morgan fingerprint density at radius 3 is 1.98 bits per heavy atom. The van der Waals surface area contributed by atoms with Crippen molar-refractivity contribution in [3.05, 3.63) is 190 Å². The van der Waals surface area contributed by atoms with Crippen LogP contribution in [0, 0.1) is 0 Å². The summed E-state index contributed by atoms with van der Waals surface area (Å²) in [6.07, 6.45) is 6.79. The van der Waals surface area contributed by atoms with E-state index in [4.69, 9.17) is 9.41 Å². The van der Waals surface area contributed by atoms with E-state index in [1.165, 1.54) is 47.7 Å². The SMILES string of the molecule is C1=CC2=C(CC1)SC1=C(c3ccccc3)N=C(c3cc(-n4c5ccc6ccccc6c5c5c6ccccc6ccc54)c4oc5c6ccccc6ccc5c4c3)NC21. The number of hydrogen-bond donors (Lipinski definition) is 1. The van der Waals surface area contributed by atoms with E-state index in [1.807, 2.05) is 11.8 Å². The summed E-state index contributed by atoms with van der Waals surface area (Å²) in [5.74, 6) is 0.867. The maximum Gasteiger partial charge on any atom is 0.159 e. The van der Waals surface area contributed by atoms with Crippen molar-refractivity contribution in [2.75, 3.05) is 0 Å². The highest BCUT2D eigenvalue weighted by Gasteiger charge is 2.37. The number of amidine groups is 1. The summed E-state index contributed by atoms with van der Waals surface area (Å²) in [7, 11) is 0. The molecular formula is C52H33N3OS. The van der Waals surface area contributed by atoms with Crippen LogP contribution in [0.4, 0.5) is 0 Å². The van der Waals surface area contributed by atoms with Crippen molar-refractivity contribution in [3.8, 4) is 5.69 Å². The Labute approximate surface area is 332 Å². The first-order valence-corrected chi connectivity index (χ1v) is 20.5. The van der Waals surface area contributed by atoms with E-state index >= 15 is 0 Å². The Bertz CT molecular complexity index is 3430. The van der Waals surface area contributed by atoms with Crippen LogP contribution in [0.2, 0.25) is 0 Å². The van der Waals surface area contributed by atoms with E-state index in [1.54, 1.807) is 0 Å². The molecule has 1 atom stereocenters. The predicted molar refractivity (Wildman–Crippen MR) is 240 cm³/mol. The van der Waals surface area contributed by atoms with Crippen LogP contribution < -0.4 is 5.32 Å². The molecule has 3 aliphatic rings. The molecule has 1 unspecified atom stereocenters. The third-order valence-corrected chi connectivity index (χ3v) is 13.6. The average molecular weight is 748 g/mol. The summed E-state index contributed by atoms with van der Waals surface area (Å²) in [5.41, 5.74) is 9.61. The Kier molecular flexibility index (Phi) is 6.52. The van der Waals surface area contributed by atoms with Gasteiger partial charge in [-0.25, -0.2) is 4.99 Å². The van der Waals surface area contributed by atoms with E-state index in [-0.39, 0.29) is 6.04 Å². The Morgan fingerprint density at radius 1 is 0.596 bits per heavy atom. The molecule has 0 saturated carbocycles. The molecule has 0 saturated heterocycles. The molecule has 4 nitrogen and oxygen atoms in total. The number of aromatic nitrogens is 1. The number of hydrogen-bond acceptors (Lipinski definition) is 4. The number of nitrogens with one attached hydrogen (secondary N) is 1. The molecule has 1 N–H and O–H groups in total. The molecule has 0 bridgehead atoms. The summed E-state index contributed by atoms with van der Waals surface area (Å²) in [5, 5.41) is 15.8. The third kappa shape index (κ3) is 4.49. The van der Waals surface area contributed by atoms with Crippen LogP contribution in [0.15, 0.2) is 189 Å². The van der Waals surface area contributed by atoms with Gasteiger partial charge in [0.1, 0.15) is 11.4 Å². The molecular weight excluding hydrogens is 715 g/mol. The second kappa shape index (κ2) is 11.8. The summed E-state index contributed by atoms with van der Waals surface area (Å²) in [6.45, 7) is 0. The number of thioether (sulfide) groups is 1. The molecule has 2 aliphatic heterocycles. The van der Waals surface area contributed by atoms with Crippen LogP contribution in [0.3, 0.4) is 0 Å². The normalized spacial score (nSPS) is 16.8. The van der Waals surface area contributed by atoms with Crippen LogP contribution in [0.25, 0.3) is 87.4 Å². The second-order valence-electron chi connectivity index (χ2n) is 15.4. The third-order valence-electron chi connectivity index (χ3n) is 12.3. The monoisotopic (exact) mass is 747 g/mol. The van der Waals surface area contributed by atoms with Gasteiger partial charge in [-0.05, 0) is 80.6 Å². The van der Waals surface area contributed by atoms with E-state index in [0.717, 1.165) is 84.9 Å². The molecule has 57 heavy (non-hydrogen) atoms. The van der Waals surface area contributed by atoms with Gasteiger partial charge in [0, 0.05) is 43.0 Å². The number of fused-ring (bicyclic) bond motifs is 14. The summed E-state index contributed by atoms with van der Waals surface area (Å²) < 4.78 is 9.60. The van der Waals surface area contributed by atoms with Crippen LogP contribution >= 0.6 is 11.8 Å². The first-order chi connectivity index (χ1) is 28.3. The number of allylic oxidation sites excluding steroid dienone is 2. The van der Waals surface area contributed by atoms with E-state index in [9.17, 15) is 0 Å². The van der Waals surface area contributed by atoms with Gasteiger partial charge >= 0.3 is 0 Å². The number of rotatable bonds is 3. The van der Waals surface area contributed by atoms with Gasteiger partial charge in [0.25, 0.3) is 0 Å². The van der Waals surface area contributed by atoms with Gasteiger partial charge in [-0.1, -0.05) is 145 Å². The van der Waals surface area contributed by atoms with Gasteiger partial charge in [-0.15, -0.1) is 0 Å². The average Bonchev–Trinajstić information content (AvgIpc) is 3.96. The van der Waals surface area contributed by atoms with Gasteiger partial charge in [0.15, 0.2) is 5.58 Å². The fourth-order valence-electron chi connectivity index (χ4n) is 9.68. The zero-order valence-corrected chi connectivity index (χ0v) is 31.6. The van der Waals surface area contributed by atoms with Crippen molar-refractivity contribution in [1.29, 1.82) is 0 Å². The number of nitrogens with zero attached hydrogens (tertiary/aromatic N) is 2. The molecule has 268 valence electrons. The lowest BCUT2D eigenvalue weighted by Crippen LogP contribution is -2.39. The highest BCUT2D eigenvalue weighted by Crippen LogP contribution is 2.51. The fourth-order valence-corrected chi connectivity index (χ4v) is 11.0. The number of aliphatic imine (C=N–C) groups is 1. The molecule has 0 spiro atoms. The lowest BCUT2D eigenvalue weighted by atomic mass is 9.96. The first kappa shape index (κ1) is 31.4. The number of furan rings is 1. The molecule has 0 radical (unpaired) electrons. The second-order valence-corrected chi connectivity index (χ2v) is 16.5. The maximum absolute atomic E-state index is 7.16. The van der Waals surface area contributed by atoms with Crippen LogP contribution in [-0.4, -0.2) is 16.4 Å². The van der Waals surface area contributed by atoms with E-state index in [0.29, 0.717) is 0 Å². The zero-order chi connectivity index (χ0) is 37.2. The molecule has 5 heteroatoms. The summed E-state index contributed by atoms with van der Waals surface area (Å²) in [4.78, 5) is 8.28. The summed E-state index contributed by atoms with van der Waals surface area (Å²) in [6, 6.07) is 54.9. The van der Waals surface area contributed by atoms with Crippen molar-refractivity contribution in [3.63, 3.8) is 0 Å².